The predicted molar refractivity (Wildman–Crippen MR) is 87.0 cm³/mol. The van der Waals surface area contributed by atoms with Crippen molar-refractivity contribution in [3.63, 3.8) is 0 Å². The molecule has 106 valence electrons. The molecule has 0 amide bonds. The van der Waals surface area contributed by atoms with Crippen LogP contribution in [0, 0.1) is 13.8 Å². The molecule has 0 aromatic heterocycles. The molecule has 2 aromatic carbocycles. The standard InChI is InChI=1S/C19H25N/c1-14(2)18-10-8-17(9-11-18)12-20-13-19-7-5-6-15(3)16(19)4/h5-11,14,20H,12-13H2,1-4H3. The van der Waals surface area contributed by atoms with Gasteiger partial charge in [0.05, 0.1) is 0 Å². The smallest absolute Gasteiger partial charge is 0.0211 e. The lowest BCUT2D eigenvalue weighted by Gasteiger charge is -2.11. The van der Waals surface area contributed by atoms with Crippen LogP contribution in [0.3, 0.4) is 0 Å². The quantitative estimate of drug-likeness (QED) is 0.826. The molecule has 0 aliphatic rings. The maximum atomic E-state index is 3.53. The fourth-order valence-electron chi connectivity index (χ4n) is 2.37. The number of rotatable bonds is 5. The lowest BCUT2D eigenvalue weighted by atomic mass is 10.0. The summed E-state index contributed by atoms with van der Waals surface area (Å²) >= 11 is 0. The van der Waals surface area contributed by atoms with Crippen molar-refractivity contribution < 1.29 is 0 Å². The average Bonchev–Trinajstić information content (AvgIpc) is 2.44. The van der Waals surface area contributed by atoms with E-state index < -0.39 is 0 Å². The maximum Gasteiger partial charge on any atom is 0.0211 e. The molecule has 0 atom stereocenters. The van der Waals surface area contributed by atoms with E-state index in [0.29, 0.717) is 5.92 Å². The number of aryl methyl sites for hydroxylation is 1. The van der Waals surface area contributed by atoms with E-state index in [1.807, 2.05) is 0 Å². The molecule has 0 heterocycles. The van der Waals surface area contributed by atoms with Crippen LogP contribution in [0.1, 0.15) is 47.6 Å². The number of benzene rings is 2. The molecule has 1 N–H and O–H groups in total. The van der Waals surface area contributed by atoms with Gasteiger partial charge >= 0.3 is 0 Å². The second kappa shape index (κ2) is 6.71. The monoisotopic (exact) mass is 267 g/mol. The van der Waals surface area contributed by atoms with Gasteiger partial charge in [-0.3, -0.25) is 0 Å². The molecule has 0 radical (unpaired) electrons. The molecule has 0 spiro atoms. The molecule has 2 rings (SSSR count). The van der Waals surface area contributed by atoms with Gasteiger partial charge in [0.25, 0.3) is 0 Å². The van der Waals surface area contributed by atoms with Crippen LogP contribution in [0.25, 0.3) is 0 Å². The molecule has 2 aromatic rings. The third-order valence-electron chi connectivity index (χ3n) is 4.01. The van der Waals surface area contributed by atoms with Gasteiger partial charge < -0.3 is 5.32 Å². The van der Waals surface area contributed by atoms with Gasteiger partial charge in [0.1, 0.15) is 0 Å². The van der Waals surface area contributed by atoms with Crippen molar-refractivity contribution in [1.29, 1.82) is 0 Å². The summed E-state index contributed by atoms with van der Waals surface area (Å²) < 4.78 is 0. The summed E-state index contributed by atoms with van der Waals surface area (Å²) in [5, 5.41) is 3.53. The molecule has 0 unspecified atom stereocenters. The number of nitrogens with one attached hydrogen (secondary N) is 1. The number of hydrogen-bond acceptors (Lipinski definition) is 1. The lowest BCUT2D eigenvalue weighted by molar-refractivity contribution is 0.689. The van der Waals surface area contributed by atoms with Gasteiger partial charge in [-0.15, -0.1) is 0 Å². The van der Waals surface area contributed by atoms with Crippen LogP contribution in [0.15, 0.2) is 42.5 Å². The number of hydrogen-bond donors (Lipinski definition) is 1. The Bertz CT molecular complexity index is 552. The van der Waals surface area contributed by atoms with Gasteiger partial charge in [0, 0.05) is 13.1 Å². The molecule has 0 fully saturated rings. The highest BCUT2D eigenvalue weighted by molar-refractivity contribution is 5.33. The molecule has 1 heteroatoms. The first-order chi connectivity index (χ1) is 9.58. The first-order valence-corrected chi connectivity index (χ1v) is 7.42. The summed E-state index contributed by atoms with van der Waals surface area (Å²) in [6.07, 6.45) is 0. The van der Waals surface area contributed by atoms with E-state index in [4.69, 9.17) is 0 Å². The van der Waals surface area contributed by atoms with Gasteiger partial charge in [-0.1, -0.05) is 56.3 Å². The molecule has 20 heavy (non-hydrogen) atoms. The minimum Gasteiger partial charge on any atom is -0.309 e. The zero-order valence-corrected chi connectivity index (χ0v) is 13.0. The Kier molecular flexibility index (Phi) is 4.97. The normalized spacial score (nSPS) is 11.1. The third-order valence-corrected chi connectivity index (χ3v) is 4.01. The first kappa shape index (κ1) is 14.8. The second-order valence-electron chi connectivity index (χ2n) is 5.86. The summed E-state index contributed by atoms with van der Waals surface area (Å²) in [4.78, 5) is 0. The Labute approximate surface area is 123 Å². The Hall–Kier alpha value is -1.60. The van der Waals surface area contributed by atoms with Gasteiger partial charge in [-0.05, 0) is 47.6 Å². The van der Waals surface area contributed by atoms with Crippen LogP contribution < -0.4 is 5.32 Å². The maximum absolute atomic E-state index is 3.53. The van der Waals surface area contributed by atoms with Crippen molar-refractivity contribution in [3.8, 4) is 0 Å². The van der Waals surface area contributed by atoms with E-state index in [0.717, 1.165) is 13.1 Å². The molecule has 0 bridgehead atoms. The van der Waals surface area contributed by atoms with Gasteiger partial charge in [0.2, 0.25) is 0 Å². The SMILES string of the molecule is Cc1cccc(CNCc2ccc(C(C)C)cc2)c1C. The van der Waals surface area contributed by atoms with Crippen LogP contribution in [0.5, 0.6) is 0 Å². The molecular weight excluding hydrogens is 242 g/mol. The molecule has 0 aliphatic heterocycles. The highest BCUT2D eigenvalue weighted by atomic mass is 14.8. The van der Waals surface area contributed by atoms with E-state index in [-0.39, 0.29) is 0 Å². The summed E-state index contributed by atoms with van der Waals surface area (Å²) in [5.41, 5.74) is 6.91. The highest BCUT2D eigenvalue weighted by Crippen LogP contribution is 2.15. The van der Waals surface area contributed by atoms with Crippen molar-refractivity contribution >= 4 is 0 Å². The van der Waals surface area contributed by atoms with Gasteiger partial charge in [-0.2, -0.15) is 0 Å². The van der Waals surface area contributed by atoms with E-state index in [1.54, 1.807) is 0 Å². The second-order valence-corrected chi connectivity index (χ2v) is 5.86. The van der Waals surface area contributed by atoms with Gasteiger partial charge in [-0.25, -0.2) is 0 Å². The van der Waals surface area contributed by atoms with Crippen LogP contribution >= 0.6 is 0 Å². The topological polar surface area (TPSA) is 12.0 Å². The van der Waals surface area contributed by atoms with E-state index >= 15 is 0 Å². The lowest BCUT2D eigenvalue weighted by Crippen LogP contribution is -2.13. The van der Waals surface area contributed by atoms with Crippen molar-refractivity contribution in [2.75, 3.05) is 0 Å². The summed E-state index contributed by atoms with van der Waals surface area (Å²) in [6, 6.07) is 15.4. The molecular formula is C19H25N. The van der Waals surface area contributed by atoms with Crippen LogP contribution in [-0.4, -0.2) is 0 Å². The zero-order valence-electron chi connectivity index (χ0n) is 13.0. The summed E-state index contributed by atoms with van der Waals surface area (Å²) in [5.74, 6) is 0.604. The van der Waals surface area contributed by atoms with Crippen molar-refractivity contribution in [2.24, 2.45) is 0 Å². The minimum atomic E-state index is 0.604. The summed E-state index contributed by atoms with van der Waals surface area (Å²) in [6.45, 7) is 10.7. The van der Waals surface area contributed by atoms with Gasteiger partial charge in [0.15, 0.2) is 0 Å². The Morgan fingerprint density at radius 1 is 0.900 bits per heavy atom. The average molecular weight is 267 g/mol. The van der Waals surface area contributed by atoms with E-state index in [1.165, 1.54) is 27.8 Å². The highest BCUT2D eigenvalue weighted by Gasteiger charge is 2.01. The van der Waals surface area contributed by atoms with Crippen LogP contribution in [0.2, 0.25) is 0 Å². The predicted octanol–water partition coefficient (Wildman–Crippen LogP) is 4.72. The molecule has 0 saturated carbocycles. The molecule has 1 nitrogen and oxygen atoms in total. The van der Waals surface area contributed by atoms with Crippen molar-refractivity contribution in [2.45, 2.75) is 46.7 Å². The fraction of sp³-hybridized carbons (Fsp3) is 0.368. The molecule has 0 aliphatic carbocycles. The van der Waals surface area contributed by atoms with Crippen LogP contribution in [0.4, 0.5) is 0 Å². The molecule has 0 saturated heterocycles. The first-order valence-electron chi connectivity index (χ1n) is 7.42. The summed E-state index contributed by atoms with van der Waals surface area (Å²) in [7, 11) is 0. The van der Waals surface area contributed by atoms with E-state index in [9.17, 15) is 0 Å². The minimum absolute atomic E-state index is 0.604. The zero-order chi connectivity index (χ0) is 14.5. The van der Waals surface area contributed by atoms with E-state index in [2.05, 4.69) is 75.5 Å². The Balaban J connectivity index is 1.91. The fourth-order valence-corrected chi connectivity index (χ4v) is 2.37. The largest absolute Gasteiger partial charge is 0.309 e. The Morgan fingerprint density at radius 3 is 2.25 bits per heavy atom. The Morgan fingerprint density at radius 2 is 1.60 bits per heavy atom. The van der Waals surface area contributed by atoms with Crippen molar-refractivity contribution in [1.82, 2.24) is 5.32 Å². The van der Waals surface area contributed by atoms with Crippen molar-refractivity contribution in [3.05, 3.63) is 70.3 Å². The van der Waals surface area contributed by atoms with Crippen LogP contribution in [-0.2, 0) is 13.1 Å². The third kappa shape index (κ3) is 3.71.